The predicted molar refractivity (Wildman–Crippen MR) is 82.1 cm³/mol. The highest BCUT2D eigenvalue weighted by molar-refractivity contribution is 7.89. The van der Waals surface area contributed by atoms with E-state index in [1.54, 1.807) is 38.1 Å². The molecule has 1 amide bonds. The van der Waals surface area contributed by atoms with Crippen molar-refractivity contribution in [2.45, 2.75) is 37.8 Å². The maximum Gasteiger partial charge on any atom is 0.243 e. The van der Waals surface area contributed by atoms with Crippen LogP contribution in [-0.2, 0) is 14.8 Å². The van der Waals surface area contributed by atoms with Crippen LogP contribution < -0.4 is 11.1 Å². The smallest absolute Gasteiger partial charge is 0.243 e. The number of benzene rings is 1. The van der Waals surface area contributed by atoms with Gasteiger partial charge in [0.25, 0.3) is 0 Å². The predicted octanol–water partition coefficient (Wildman–Crippen LogP) is 0.851. The summed E-state index contributed by atoms with van der Waals surface area (Å²) in [6, 6.07) is 6.41. The SMILES string of the molecule is CNC(C)c1ccc(S(=O)(=O)N(CC(N)=O)C(C)C)cc1. The second kappa shape index (κ2) is 7.02. The lowest BCUT2D eigenvalue weighted by molar-refractivity contribution is -0.118. The number of hydrogen-bond donors (Lipinski definition) is 2. The van der Waals surface area contributed by atoms with E-state index < -0.39 is 15.9 Å². The molecule has 0 aliphatic rings. The zero-order valence-corrected chi connectivity index (χ0v) is 13.6. The fourth-order valence-electron chi connectivity index (χ4n) is 1.93. The highest BCUT2D eigenvalue weighted by atomic mass is 32.2. The average molecular weight is 313 g/mol. The quantitative estimate of drug-likeness (QED) is 0.780. The number of hydrogen-bond acceptors (Lipinski definition) is 4. The van der Waals surface area contributed by atoms with Gasteiger partial charge in [-0.3, -0.25) is 4.79 Å². The van der Waals surface area contributed by atoms with Crippen molar-refractivity contribution in [3.8, 4) is 0 Å². The maximum atomic E-state index is 12.6. The van der Waals surface area contributed by atoms with Gasteiger partial charge in [0, 0.05) is 12.1 Å². The van der Waals surface area contributed by atoms with Crippen molar-refractivity contribution < 1.29 is 13.2 Å². The van der Waals surface area contributed by atoms with Crippen LogP contribution in [0.4, 0.5) is 0 Å². The van der Waals surface area contributed by atoms with Gasteiger partial charge >= 0.3 is 0 Å². The Morgan fingerprint density at radius 3 is 2.14 bits per heavy atom. The Bertz CT molecular complexity index is 582. The van der Waals surface area contributed by atoms with E-state index in [1.807, 2.05) is 14.0 Å². The number of rotatable bonds is 7. The summed E-state index contributed by atoms with van der Waals surface area (Å²) in [6.45, 7) is 5.07. The first-order chi connectivity index (χ1) is 9.70. The van der Waals surface area contributed by atoms with Crippen LogP contribution in [0.3, 0.4) is 0 Å². The summed E-state index contributed by atoms with van der Waals surface area (Å²) >= 11 is 0. The molecule has 1 aromatic rings. The first kappa shape index (κ1) is 17.6. The molecule has 3 N–H and O–H groups in total. The van der Waals surface area contributed by atoms with Crippen molar-refractivity contribution >= 4 is 15.9 Å². The Balaban J connectivity index is 3.13. The lowest BCUT2D eigenvalue weighted by atomic mass is 10.1. The molecular formula is C14H23N3O3S. The molecule has 0 spiro atoms. The Kier molecular flexibility index (Phi) is 5.88. The number of nitrogens with zero attached hydrogens (tertiary/aromatic N) is 1. The Hall–Kier alpha value is -1.44. The van der Waals surface area contributed by atoms with Gasteiger partial charge in [0.05, 0.1) is 11.4 Å². The maximum absolute atomic E-state index is 12.6. The van der Waals surface area contributed by atoms with Gasteiger partial charge in [0.1, 0.15) is 0 Å². The average Bonchev–Trinajstić information content (AvgIpc) is 2.43. The molecule has 0 aliphatic carbocycles. The van der Waals surface area contributed by atoms with Crippen molar-refractivity contribution in [2.24, 2.45) is 5.73 Å². The number of sulfonamides is 1. The summed E-state index contributed by atoms with van der Waals surface area (Å²) in [7, 11) is -1.90. The first-order valence-electron chi connectivity index (χ1n) is 6.77. The van der Waals surface area contributed by atoms with Crippen molar-refractivity contribution in [3.05, 3.63) is 29.8 Å². The van der Waals surface area contributed by atoms with Gasteiger partial charge < -0.3 is 11.1 Å². The van der Waals surface area contributed by atoms with Crippen LogP contribution in [0.15, 0.2) is 29.2 Å². The number of carbonyl (C=O) groups excluding carboxylic acids is 1. The Morgan fingerprint density at radius 1 is 1.24 bits per heavy atom. The van der Waals surface area contributed by atoms with E-state index in [0.717, 1.165) is 9.87 Å². The van der Waals surface area contributed by atoms with Crippen LogP contribution in [0.1, 0.15) is 32.4 Å². The van der Waals surface area contributed by atoms with Crippen LogP contribution in [0.25, 0.3) is 0 Å². The number of carbonyl (C=O) groups is 1. The summed E-state index contributed by atoms with van der Waals surface area (Å²) in [4.78, 5) is 11.2. The molecule has 1 aromatic carbocycles. The third-order valence-electron chi connectivity index (χ3n) is 3.31. The zero-order valence-electron chi connectivity index (χ0n) is 12.8. The minimum Gasteiger partial charge on any atom is -0.369 e. The molecule has 21 heavy (non-hydrogen) atoms. The van der Waals surface area contributed by atoms with Crippen molar-refractivity contribution in [1.29, 1.82) is 0 Å². The van der Waals surface area contributed by atoms with E-state index in [-0.39, 0.29) is 23.5 Å². The molecular weight excluding hydrogens is 290 g/mol. The second-order valence-electron chi connectivity index (χ2n) is 5.19. The zero-order chi connectivity index (χ0) is 16.2. The third-order valence-corrected chi connectivity index (χ3v) is 5.34. The number of nitrogens with two attached hydrogens (primary N) is 1. The molecule has 0 aromatic heterocycles. The molecule has 118 valence electrons. The van der Waals surface area contributed by atoms with Crippen LogP contribution >= 0.6 is 0 Å². The van der Waals surface area contributed by atoms with Crippen molar-refractivity contribution in [1.82, 2.24) is 9.62 Å². The highest BCUT2D eigenvalue weighted by Crippen LogP contribution is 2.20. The minimum atomic E-state index is -3.73. The fraction of sp³-hybridized carbons (Fsp3) is 0.500. The van der Waals surface area contributed by atoms with E-state index in [9.17, 15) is 13.2 Å². The number of amides is 1. The van der Waals surface area contributed by atoms with E-state index in [2.05, 4.69) is 5.32 Å². The monoisotopic (exact) mass is 313 g/mol. The minimum absolute atomic E-state index is 0.133. The van der Waals surface area contributed by atoms with Crippen molar-refractivity contribution in [3.63, 3.8) is 0 Å². The molecule has 0 heterocycles. The summed E-state index contributed by atoms with van der Waals surface area (Å²) in [6.07, 6.45) is 0. The van der Waals surface area contributed by atoms with Crippen LogP contribution in [-0.4, -0.2) is 38.3 Å². The Labute approximate surface area is 126 Å². The van der Waals surface area contributed by atoms with Crippen LogP contribution in [0.2, 0.25) is 0 Å². The second-order valence-corrected chi connectivity index (χ2v) is 7.08. The van der Waals surface area contributed by atoms with Gasteiger partial charge in [0.2, 0.25) is 15.9 Å². The Morgan fingerprint density at radius 2 is 1.76 bits per heavy atom. The molecule has 7 heteroatoms. The molecule has 1 atom stereocenters. The molecule has 0 bridgehead atoms. The van der Waals surface area contributed by atoms with Gasteiger partial charge in [-0.1, -0.05) is 12.1 Å². The van der Waals surface area contributed by atoms with Gasteiger partial charge in [-0.05, 0) is 45.5 Å². The standard InChI is InChI=1S/C14H23N3O3S/c1-10(2)17(9-14(15)18)21(19,20)13-7-5-12(6-8-13)11(3)16-4/h5-8,10-11,16H,9H2,1-4H3,(H2,15,18). The fourth-order valence-corrected chi connectivity index (χ4v) is 3.53. The number of nitrogens with one attached hydrogen (secondary N) is 1. The molecule has 0 saturated heterocycles. The molecule has 1 unspecified atom stereocenters. The lowest BCUT2D eigenvalue weighted by Gasteiger charge is -2.24. The molecule has 0 aliphatic heterocycles. The van der Waals surface area contributed by atoms with Crippen LogP contribution in [0, 0.1) is 0 Å². The molecule has 0 radical (unpaired) electrons. The summed E-state index contributed by atoms with van der Waals surface area (Å²) in [5, 5.41) is 3.09. The normalized spacial score (nSPS) is 13.6. The van der Waals surface area contributed by atoms with Gasteiger partial charge in [-0.25, -0.2) is 8.42 Å². The van der Waals surface area contributed by atoms with Gasteiger partial charge in [0.15, 0.2) is 0 Å². The van der Waals surface area contributed by atoms with Crippen molar-refractivity contribution in [2.75, 3.05) is 13.6 Å². The lowest BCUT2D eigenvalue weighted by Crippen LogP contribution is -2.42. The summed E-state index contributed by atoms with van der Waals surface area (Å²) in [5.41, 5.74) is 6.12. The molecule has 0 fully saturated rings. The van der Waals surface area contributed by atoms with E-state index in [1.165, 1.54) is 0 Å². The molecule has 1 rings (SSSR count). The van der Waals surface area contributed by atoms with Gasteiger partial charge in [-0.15, -0.1) is 0 Å². The molecule has 0 saturated carbocycles. The van der Waals surface area contributed by atoms with Crippen LogP contribution in [0.5, 0.6) is 0 Å². The van der Waals surface area contributed by atoms with E-state index in [4.69, 9.17) is 5.73 Å². The van der Waals surface area contributed by atoms with Gasteiger partial charge in [-0.2, -0.15) is 4.31 Å². The summed E-state index contributed by atoms with van der Waals surface area (Å²) < 4.78 is 26.2. The largest absolute Gasteiger partial charge is 0.369 e. The van der Waals surface area contributed by atoms with E-state index in [0.29, 0.717) is 0 Å². The third kappa shape index (κ3) is 4.26. The highest BCUT2D eigenvalue weighted by Gasteiger charge is 2.28. The first-order valence-corrected chi connectivity index (χ1v) is 8.21. The van der Waals surface area contributed by atoms with E-state index >= 15 is 0 Å². The topological polar surface area (TPSA) is 92.5 Å². The molecule has 6 nitrogen and oxygen atoms in total. The number of primary amides is 1. The summed E-state index contributed by atoms with van der Waals surface area (Å²) in [5.74, 6) is -0.673.